The van der Waals surface area contributed by atoms with Crippen molar-refractivity contribution >= 4 is 86.0 Å². The van der Waals surface area contributed by atoms with Gasteiger partial charge in [0.05, 0.1) is 5.69 Å². The van der Waals surface area contributed by atoms with E-state index in [2.05, 4.69) is 310 Å². The summed E-state index contributed by atoms with van der Waals surface area (Å²) in [4.78, 5) is 5.19. The van der Waals surface area contributed by atoms with Crippen LogP contribution in [0, 0.1) is 6.92 Å². The predicted molar refractivity (Wildman–Crippen MR) is 324 cm³/mol. The Bertz CT molecular complexity index is 3780. The zero-order valence-electron chi connectivity index (χ0n) is 43.0. The zero-order valence-corrected chi connectivity index (χ0v) is 44.0. The molecular formula is C71H57BN2Si. The van der Waals surface area contributed by atoms with Gasteiger partial charge in [-0.25, -0.2) is 0 Å². The van der Waals surface area contributed by atoms with Crippen LogP contribution >= 0.6 is 0 Å². The van der Waals surface area contributed by atoms with Crippen LogP contribution in [0.3, 0.4) is 0 Å². The summed E-state index contributed by atoms with van der Waals surface area (Å²) in [5.74, 6) is 0. The molecule has 0 saturated heterocycles. The van der Waals surface area contributed by atoms with Crippen molar-refractivity contribution in [1.82, 2.24) is 0 Å². The Hall–Kier alpha value is -8.70. The summed E-state index contributed by atoms with van der Waals surface area (Å²) in [6.07, 6.45) is 0. The molecule has 358 valence electrons. The maximum absolute atomic E-state index is 2.97. The zero-order chi connectivity index (χ0) is 50.7. The van der Waals surface area contributed by atoms with Crippen molar-refractivity contribution in [2.75, 3.05) is 9.80 Å². The van der Waals surface area contributed by atoms with Crippen molar-refractivity contribution in [2.24, 2.45) is 0 Å². The van der Waals surface area contributed by atoms with E-state index in [4.69, 9.17) is 0 Å². The number of anilines is 6. The van der Waals surface area contributed by atoms with Crippen molar-refractivity contribution in [2.45, 2.75) is 33.1 Å². The first-order valence-electron chi connectivity index (χ1n) is 26.4. The van der Waals surface area contributed by atoms with E-state index in [-0.39, 0.29) is 12.1 Å². The minimum Gasteiger partial charge on any atom is -0.311 e. The number of benzene rings is 11. The molecule has 0 N–H and O–H groups in total. The average Bonchev–Trinajstić information content (AvgIpc) is 3.47. The quantitative estimate of drug-likeness (QED) is 0.105. The average molecular weight is 977 g/mol. The second-order valence-electron chi connectivity index (χ2n) is 21.3. The Morgan fingerprint density at radius 1 is 0.333 bits per heavy atom. The molecular weight excluding hydrogens is 920 g/mol. The lowest BCUT2D eigenvalue weighted by molar-refractivity contribution is 0.590. The van der Waals surface area contributed by atoms with Crippen molar-refractivity contribution < 1.29 is 0 Å². The topological polar surface area (TPSA) is 6.48 Å². The maximum Gasteiger partial charge on any atom is 0.252 e. The highest BCUT2D eigenvalue weighted by Gasteiger charge is 2.47. The molecule has 11 aromatic rings. The second-order valence-corrected chi connectivity index (χ2v) is 25.2. The normalized spacial score (nSPS) is 12.7. The van der Waals surface area contributed by atoms with Gasteiger partial charge in [0.25, 0.3) is 6.71 Å². The van der Waals surface area contributed by atoms with Crippen LogP contribution in [0.2, 0.25) is 0 Å². The molecule has 4 heteroatoms. The standard InChI is InChI=1S/C71H57BN2Si/c1-50-44-68-70-69(45-50)74(65-42-39-56(71(2,3)4)48-62(65)53-28-15-7-16-29-53)66-43-40-61(75(58-32-17-8-18-33-58,59-34-19-9-20-35-59)60-36-21-10-22-37-60)49-64(66)72(70)63-41-38-55(52-26-13-6-14-27-52)47-67(63)73(68)57-31-23-30-54(46-57)51-24-11-5-12-25-51/h5-49H,1-4H3. The molecule has 0 amide bonds. The van der Waals surface area contributed by atoms with E-state index in [9.17, 15) is 0 Å². The Morgan fingerprint density at radius 2 is 0.827 bits per heavy atom. The molecule has 0 spiro atoms. The Morgan fingerprint density at radius 3 is 1.39 bits per heavy atom. The van der Waals surface area contributed by atoms with Crippen LogP contribution in [0.5, 0.6) is 0 Å². The first-order chi connectivity index (χ1) is 36.8. The van der Waals surface area contributed by atoms with Gasteiger partial charge in [0.1, 0.15) is 0 Å². The molecule has 0 atom stereocenters. The summed E-state index contributed by atoms with van der Waals surface area (Å²) in [6, 6.07) is 103. The third-order valence-electron chi connectivity index (χ3n) is 15.8. The minimum atomic E-state index is -2.97. The van der Waals surface area contributed by atoms with Gasteiger partial charge in [0.2, 0.25) is 0 Å². The van der Waals surface area contributed by atoms with E-state index in [1.165, 1.54) is 104 Å². The summed E-state index contributed by atoms with van der Waals surface area (Å²) < 4.78 is 0. The van der Waals surface area contributed by atoms with Crippen LogP contribution in [0.15, 0.2) is 273 Å². The van der Waals surface area contributed by atoms with Crippen LogP contribution in [-0.4, -0.2) is 14.8 Å². The number of hydrogen-bond acceptors (Lipinski definition) is 2. The van der Waals surface area contributed by atoms with Gasteiger partial charge in [0, 0.05) is 34.0 Å². The fourth-order valence-electron chi connectivity index (χ4n) is 12.3. The summed E-state index contributed by atoms with van der Waals surface area (Å²) in [6.45, 7) is 9.14. The summed E-state index contributed by atoms with van der Waals surface area (Å²) in [7, 11) is -2.97. The highest BCUT2D eigenvalue weighted by atomic mass is 28.3. The van der Waals surface area contributed by atoms with Crippen LogP contribution in [0.1, 0.15) is 31.9 Å². The van der Waals surface area contributed by atoms with Gasteiger partial charge in [-0.2, -0.15) is 0 Å². The molecule has 2 aliphatic heterocycles. The van der Waals surface area contributed by atoms with Gasteiger partial charge in [-0.3, -0.25) is 0 Å². The monoisotopic (exact) mass is 976 g/mol. The fourth-order valence-corrected chi connectivity index (χ4v) is 17.1. The van der Waals surface area contributed by atoms with E-state index in [1.54, 1.807) is 0 Å². The van der Waals surface area contributed by atoms with E-state index in [0.717, 1.165) is 11.4 Å². The summed E-state index contributed by atoms with van der Waals surface area (Å²) >= 11 is 0. The lowest BCUT2D eigenvalue weighted by Crippen LogP contribution is -2.75. The van der Waals surface area contributed by atoms with Crippen molar-refractivity contribution in [1.29, 1.82) is 0 Å². The number of fused-ring (bicyclic) bond motifs is 4. The molecule has 75 heavy (non-hydrogen) atoms. The maximum atomic E-state index is 2.64. The Labute approximate surface area is 444 Å². The van der Waals surface area contributed by atoms with Gasteiger partial charge < -0.3 is 9.80 Å². The molecule has 0 fully saturated rings. The molecule has 2 heterocycles. The molecule has 2 nitrogen and oxygen atoms in total. The molecule has 0 aromatic heterocycles. The molecule has 0 bridgehead atoms. The van der Waals surface area contributed by atoms with Gasteiger partial charge in [-0.15, -0.1) is 0 Å². The molecule has 0 saturated carbocycles. The van der Waals surface area contributed by atoms with Crippen molar-refractivity contribution in [3.8, 4) is 33.4 Å². The third-order valence-corrected chi connectivity index (χ3v) is 20.5. The predicted octanol–water partition coefficient (Wildman–Crippen LogP) is 13.8. The van der Waals surface area contributed by atoms with Gasteiger partial charge in [-0.05, 0) is 137 Å². The van der Waals surface area contributed by atoms with Crippen LogP contribution in [-0.2, 0) is 5.41 Å². The minimum absolute atomic E-state index is 0.0538. The van der Waals surface area contributed by atoms with E-state index in [0.29, 0.717) is 0 Å². The van der Waals surface area contributed by atoms with Crippen LogP contribution in [0.25, 0.3) is 33.4 Å². The first-order valence-corrected chi connectivity index (χ1v) is 28.4. The summed E-state index contributed by atoms with van der Waals surface area (Å²) in [5.41, 5.74) is 20.6. The van der Waals surface area contributed by atoms with Crippen LogP contribution < -0.4 is 46.9 Å². The molecule has 0 aliphatic carbocycles. The molecule has 2 aliphatic rings. The number of nitrogens with zero attached hydrogens (tertiary/aromatic N) is 2. The summed E-state index contributed by atoms with van der Waals surface area (Å²) in [5, 5.41) is 5.43. The number of hydrogen-bond donors (Lipinski definition) is 0. The highest BCUT2D eigenvalue weighted by Crippen LogP contribution is 2.48. The van der Waals surface area contributed by atoms with E-state index in [1.807, 2.05) is 0 Å². The molecule has 0 radical (unpaired) electrons. The first kappa shape index (κ1) is 46.1. The number of rotatable bonds is 9. The Kier molecular flexibility index (Phi) is 11.5. The SMILES string of the molecule is Cc1cc2c3c(c1)N(c1ccc(C(C)(C)C)cc1-c1ccccc1)c1ccc([Si](c4ccccc4)(c4ccccc4)c4ccccc4)cc1B3c1ccc(-c3ccccc3)cc1N2c1cccc(-c2ccccc2)c1. The van der Waals surface area contributed by atoms with Gasteiger partial charge >= 0.3 is 0 Å². The largest absolute Gasteiger partial charge is 0.311 e. The Balaban J connectivity index is 1.16. The van der Waals surface area contributed by atoms with E-state index >= 15 is 0 Å². The van der Waals surface area contributed by atoms with Gasteiger partial charge in [0.15, 0.2) is 8.07 Å². The van der Waals surface area contributed by atoms with Crippen LogP contribution in [0.4, 0.5) is 34.1 Å². The molecule has 0 unspecified atom stereocenters. The second kappa shape index (κ2) is 18.7. The molecule has 13 rings (SSSR count). The molecule has 11 aromatic carbocycles. The van der Waals surface area contributed by atoms with E-state index < -0.39 is 8.07 Å². The number of aryl methyl sites for hydroxylation is 1. The fraction of sp³-hybridized carbons (Fsp3) is 0.0704. The van der Waals surface area contributed by atoms with Crippen molar-refractivity contribution in [3.05, 3.63) is 284 Å². The smallest absolute Gasteiger partial charge is 0.252 e. The lowest BCUT2D eigenvalue weighted by atomic mass is 9.33. The lowest BCUT2D eigenvalue weighted by Gasteiger charge is -2.45. The van der Waals surface area contributed by atoms with Gasteiger partial charge in [-0.1, -0.05) is 245 Å². The highest BCUT2D eigenvalue weighted by molar-refractivity contribution is 7.20. The third kappa shape index (κ3) is 7.87. The van der Waals surface area contributed by atoms with Crippen molar-refractivity contribution in [3.63, 3.8) is 0 Å².